The molecule has 0 fully saturated rings. The second kappa shape index (κ2) is 7.41. The monoisotopic (exact) mass is 297 g/mol. The lowest BCUT2D eigenvalue weighted by Gasteiger charge is -2.14. The first-order chi connectivity index (χ1) is 10.6. The standard InChI is InChI=1S/C18H19NO3/c1-13-6-5-7-14(10-13)11-17(20)19-12-16(18(21)22)15-8-3-2-4-9-15/h2-10,16H,11-12H2,1H3,(H,19,20)(H,21,22). The molecule has 0 aliphatic rings. The van der Waals surface area contributed by atoms with Crippen LogP contribution >= 0.6 is 0 Å². The lowest BCUT2D eigenvalue weighted by atomic mass is 9.99. The van der Waals surface area contributed by atoms with Crippen LogP contribution in [0.25, 0.3) is 0 Å². The summed E-state index contributed by atoms with van der Waals surface area (Å²) in [5, 5.41) is 12.0. The fraction of sp³-hybridized carbons (Fsp3) is 0.222. The Balaban J connectivity index is 1.95. The number of aliphatic carboxylic acids is 1. The van der Waals surface area contributed by atoms with Gasteiger partial charge < -0.3 is 10.4 Å². The Morgan fingerprint density at radius 1 is 1.09 bits per heavy atom. The Morgan fingerprint density at radius 3 is 2.45 bits per heavy atom. The van der Waals surface area contributed by atoms with Crippen molar-refractivity contribution in [3.8, 4) is 0 Å². The Kier molecular flexibility index (Phi) is 5.31. The average molecular weight is 297 g/mol. The van der Waals surface area contributed by atoms with Crippen molar-refractivity contribution in [3.05, 3.63) is 71.3 Å². The minimum Gasteiger partial charge on any atom is -0.481 e. The van der Waals surface area contributed by atoms with Gasteiger partial charge in [0.05, 0.1) is 12.3 Å². The van der Waals surface area contributed by atoms with E-state index < -0.39 is 11.9 Å². The summed E-state index contributed by atoms with van der Waals surface area (Å²) in [5.74, 6) is -1.85. The summed E-state index contributed by atoms with van der Waals surface area (Å²) in [6, 6.07) is 16.6. The molecule has 1 atom stereocenters. The highest BCUT2D eigenvalue weighted by atomic mass is 16.4. The molecule has 4 heteroatoms. The highest BCUT2D eigenvalue weighted by Crippen LogP contribution is 2.15. The number of hydrogen-bond donors (Lipinski definition) is 2. The summed E-state index contributed by atoms with van der Waals surface area (Å²) in [7, 11) is 0. The fourth-order valence-electron chi connectivity index (χ4n) is 2.32. The molecule has 4 nitrogen and oxygen atoms in total. The average Bonchev–Trinajstić information content (AvgIpc) is 2.48. The molecule has 0 saturated heterocycles. The second-order valence-corrected chi connectivity index (χ2v) is 5.27. The largest absolute Gasteiger partial charge is 0.481 e. The van der Waals surface area contributed by atoms with Crippen molar-refractivity contribution in [2.45, 2.75) is 19.3 Å². The number of hydrogen-bond acceptors (Lipinski definition) is 2. The van der Waals surface area contributed by atoms with Crippen LogP contribution in [0.4, 0.5) is 0 Å². The molecule has 1 amide bonds. The van der Waals surface area contributed by atoms with E-state index >= 15 is 0 Å². The number of nitrogens with one attached hydrogen (secondary N) is 1. The summed E-state index contributed by atoms with van der Waals surface area (Å²) in [6.07, 6.45) is 0.253. The fourth-order valence-corrected chi connectivity index (χ4v) is 2.32. The summed E-state index contributed by atoms with van der Waals surface area (Å²) < 4.78 is 0. The van der Waals surface area contributed by atoms with Gasteiger partial charge in [0.25, 0.3) is 0 Å². The predicted octanol–water partition coefficient (Wildman–Crippen LogP) is 2.52. The quantitative estimate of drug-likeness (QED) is 0.861. The van der Waals surface area contributed by atoms with Gasteiger partial charge in [-0.15, -0.1) is 0 Å². The van der Waals surface area contributed by atoms with Crippen LogP contribution in [-0.4, -0.2) is 23.5 Å². The molecule has 2 N–H and O–H groups in total. The minimum atomic E-state index is -0.943. The zero-order valence-corrected chi connectivity index (χ0v) is 12.5. The van der Waals surface area contributed by atoms with E-state index in [-0.39, 0.29) is 18.9 Å². The molecule has 0 radical (unpaired) electrons. The number of carboxylic acids is 1. The third kappa shape index (κ3) is 4.45. The van der Waals surface area contributed by atoms with Gasteiger partial charge in [0.2, 0.25) is 5.91 Å². The van der Waals surface area contributed by atoms with Crippen molar-refractivity contribution >= 4 is 11.9 Å². The minimum absolute atomic E-state index is 0.0873. The van der Waals surface area contributed by atoms with Gasteiger partial charge in [-0.3, -0.25) is 9.59 Å². The van der Waals surface area contributed by atoms with E-state index in [0.717, 1.165) is 11.1 Å². The van der Waals surface area contributed by atoms with Gasteiger partial charge in [0.1, 0.15) is 0 Å². The molecule has 1 unspecified atom stereocenters. The number of aryl methyl sites for hydroxylation is 1. The SMILES string of the molecule is Cc1cccc(CC(=O)NCC(C(=O)O)c2ccccc2)c1. The Labute approximate surface area is 129 Å². The van der Waals surface area contributed by atoms with Crippen LogP contribution in [0.2, 0.25) is 0 Å². The van der Waals surface area contributed by atoms with Gasteiger partial charge in [0.15, 0.2) is 0 Å². The van der Waals surface area contributed by atoms with Crippen LogP contribution in [0.1, 0.15) is 22.6 Å². The maximum Gasteiger partial charge on any atom is 0.312 e. The van der Waals surface area contributed by atoms with E-state index in [1.165, 1.54) is 0 Å². The molecular formula is C18H19NO3. The Morgan fingerprint density at radius 2 is 1.82 bits per heavy atom. The molecule has 0 saturated carbocycles. The lowest BCUT2D eigenvalue weighted by molar-refractivity contribution is -0.138. The van der Waals surface area contributed by atoms with Gasteiger partial charge in [-0.25, -0.2) is 0 Å². The van der Waals surface area contributed by atoms with E-state index in [1.54, 1.807) is 24.3 Å². The van der Waals surface area contributed by atoms with Crippen LogP contribution in [0.3, 0.4) is 0 Å². The molecule has 0 bridgehead atoms. The molecule has 0 aliphatic heterocycles. The smallest absolute Gasteiger partial charge is 0.312 e. The molecule has 0 aliphatic carbocycles. The van der Waals surface area contributed by atoms with Gasteiger partial charge in [-0.2, -0.15) is 0 Å². The van der Waals surface area contributed by atoms with Crippen molar-refractivity contribution in [1.82, 2.24) is 5.32 Å². The highest BCUT2D eigenvalue weighted by Gasteiger charge is 2.20. The number of rotatable bonds is 6. The van der Waals surface area contributed by atoms with Crippen LogP contribution in [0, 0.1) is 6.92 Å². The van der Waals surface area contributed by atoms with E-state index in [2.05, 4.69) is 5.32 Å². The molecule has 0 heterocycles. The maximum absolute atomic E-state index is 12.0. The van der Waals surface area contributed by atoms with Crippen molar-refractivity contribution in [3.63, 3.8) is 0 Å². The first-order valence-corrected chi connectivity index (χ1v) is 7.16. The summed E-state index contributed by atoms with van der Waals surface area (Å²) >= 11 is 0. The van der Waals surface area contributed by atoms with Gasteiger partial charge in [0, 0.05) is 6.54 Å². The lowest BCUT2D eigenvalue weighted by Crippen LogP contribution is -2.32. The normalized spacial score (nSPS) is 11.7. The third-order valence-corrected chi connectivity index (χ3v) is 3.45. The molecule has 2 rings (SSSR count). The van der Waals surface area contributed by atoms with E-state index in [9.17, 15) is 14.7 Å². The summed E-state index contributed by atoms with van der Waals surface area (Å²) in [4.78, 5) is 23.3. The summed E-state index contributed by atoms with van der Waals surface area (Å²) in [6.45, 7) is 2.06. The number of amides is 1. The first-order valence-electron chi connectivity index (χ1n) is 7.16. The first kappa shape index (κ1) is 15.8. The van der Waals surface area contributed by atoms with Crippen LogP contribution in [0.5, 0.6) is 0 Å². The number of carbonyl (C=O) groups excluding carboxylic acids is 1. The molecule has 2 aromatic rings. The van der Waals surface area contributed by atoms with Crippen molar-refractivity contribution < 1.29 is 14.7 Å². The molecule has 0 aromatic heterocycles. The number of benzene rings is 2. The van der Waals surface area contributed by atoms with Crippen molar-refractivity contribution in [1.29, 1.82) is 0 Å². The Hall–Kier alpha value is -2.62. The predicted molar refractivity (Wildman–Crippen MR) is 84.7 cm³/mol. The highest BCUT2D eigenvalue weighted by molar-refractivity contribution is 5.81. The molecule has 0 spiro atoms. The topological polar surface area (TPSA) is 66.4 Å². The van der Waals surface area contributed by atoms with Crippen LogP contribution in [0.15, 0.2) is 54.6 Å². The van der Waals surface area contributed by atoms with E-state index in [0.29, 0.717) is 5.56 Å². The maximum atomic E-state index is 12.0. The van der Waals surface area contributed by atoms with Gasteiger partial charge >= 0.3 is 5.97 Å². The number of carbonyl (C=O) groups is 2. The molecule has 22 heavy (non-hydrogen) atoms. The van der Waals surface area contributed by atoms with E-state index in [1.807, 2.05) is 37.3 Å². The van der Waals surface area contributed by atoms with Gasteiger partial charge in [-0.05, 0) is 18.1 Å². The van der Waals surface area contributed by atoms with Crippen molar-refractivity contribution in [2.75, 3.05) is 6.54 Å². The Bertz CT molecular complexity index is 652. The van der Waals surface area contributed by atoms with Crippen LogP contribution in [-0.2, 0) is 16.0 Å². The van der Waals surface area contributed by atoms with Gasteiger partial charge in [-0.1, -0.05) is 60.2 Å². The molecule has 2 aromatic carbocycles. The zero-order valence-electron chi connectivity index (χ0n) is 12.5. The second-order valence-electron chi connectivity index (χ2n) is 5.27. The van der Waals surface area contributed by atoms with Crippen molar-refractivity contribution in [2.24, 2.45) is 0 Å². The molecular weight excluding hydrogens is 278 g/mol. The number of carboxylic acid groups (broad SMARTS) is 1. The third-order valence-electron chi connectivity index (χ3n) is 3.45. The zero-order chi connectivity index (χ0) is 15.9. The summed E-state index contributed by atoms with van der Waals surface area (Å²) in [5.41, 5.74) is 2.70. The van der Waals surface area contributed by atoms with E-state index in [4.69, 9.17) is 0 Å². The molecule has 114 valence electrons. The van der Waals surface area contributed by atoms with Crippen LogP contribution < -0.4 is 5.32 Å².